The molecule has 0 spiro atoms. The van der Waals surface area contributed by atoms with Gasteiger partial charge in [-0.15, -0.1) is 0 Å². The highest BCUT2D eigenvalue weighted by atomic mass is 16.5. The number of aryl methyl sites for hydroxylation is 1. The maximum Gasteiger partial charge on any atom is 0.251 e. The highest BCUT2D eigenvalue weighted by molar-refractivity contribution is 5.94. The minimum atomic E-state index is -0.0499. The number of rotatable bonds is 7. The molecule has 24 heavy (non-hydrogen) atoms. The third-order valence-electron chi connectivity index (χ3n) is 3.89. The van der Waals surface area contributed by atoms with Crippen LogP contribution in [0.2, 0.25) is 0 Å². The fraction of sp³-hybridized carbons (Fsp3) is 0.350. The Balaban J connectivity index is 1.87. The molecule has 4 nitrogen and oxygen atoms in total. The zero-order chi connectivity index (χ0) is 17.5. The number of anilines is 1. The van der Waals surface area contributed by atoms with Crippen molar-refractivity contribution >= 4 is 11.6 Å². The van der Waals surface area contributed by atoms with Crippen LogP contribution < -0.4 is 15.0 Å². The molecule has 2 rings (SSSR count). The number of nitrogens with zero attached hydrogens (tertiary/aromatic N) is 1. The highest BCUT2D eigenvalue weighted by Crippen LogP contribution is 2.19. The molecule has 1 amide bonds. The zero-order valence-electron chi connectivity index (χ0n) is 14.9. The van der Waals surface area contributed by atoms with E-state index in [1.165, 1.54) is 11.3 Å². The van der Waals surface area contributed by atoms with Crippen molar-refractivity contribution in [2.75, 3.05) is 32.1 Å². The number of hydrogen-bond acceptors (Lipinski definition) is 3. The van der Waals surface area contributed by atoms with Gasteiger partial charge in [-0.25, -0.2) is 0 Å². The second-order valence-corrected chi connectivity index (χ2v) is 5.98. The first-order chi connectivity index (χ1) is 11.5. The highest BCUT2D eigenvalue weighted by Gasteiger charge is 2.08. The number of carbonyl (C=O) groups excluding carboxylic acids is 1. The maximum atomic E-state index is 12.2. The van der Waals surface area contributed by atoms with Crippen LogP contribution in [-0.4, -0.2) is 33.2 Å². The van der Waals surface area contributed by atoms with Gasteiger partial charge in [0.1, 0.15) is 5.75 Å². The summed E-state index contributed by atoms with van der Waals surface area (Å²) in [6.45, 7) is 5.14. The molecule has 0 aliphatic heterocycles. The predicted molar refractivity (Wildman–Crippen MR) is 99.2 cm³/mol. The van der Waals surface area contributed by atoms with Crippen LogP contribution in [0.5, 0.6) is 5.75 Å². The van der Waals surface area contributed by atoms with E-state index < -0.39 is 0 Å². The fourth-order valence-electron chi connectivity index (χ4n) is 2.49. The van der Waals surface area contributed by atoms with Crippen molar-refractivity contribution in [3.05, 3.63) is 59.2 Å². The van der Waals surface area contributed by atoms with Gasteiger partial charge in [-0.05, 0) is 61.7 Å². The second-order valence-electron chi connectivity index (χ2n) is 5.98. The average Bonchev–Trinajstić information content (AvgIpc) is 2.57. The molecule has 0 aromatic heterocycles. The molecule has 0 heterocycles. The normalized spacial score (nSPS) is 10.3. The van der Waals surface area contributed by atoms with Crippen LogP contribution in [-0.2, 0) is 6.42 Å². The third-order valence-corrected chi connectivity index (χ3v) is 3.89. The van der Waals surface area contributed by atoms with Crippen LogP contribution in [0.3, 0.4) is 0 Å². The molecule has 0 radical (unpaired) electrons. The maximum absolute atomic E-state index is 12.2. The lowest BCUT2D eigenvalue weighted by atomic mass is 10.1. The Morgan fingerprint density at radius 2 is 1.83 bits per heavy atom. The lowest BCUT2D eigenvalue weighted by Gasteiger charge is -2.13. The minimum Gasteiger partial charge on any atom is -0.494 e. The van der Waals surface area contributed by atoms with Gasteiger partial charge in [0.25, 0.3) is 5.91 Å². The second kappa shape index (κ2) is 8.39. The van der Waals surface area contributed by atoms with Crippen molar-refractivity contribution in [1.82, 2.24) is 5.32 Å². The van der Waals surface area contributed by atoms with E-state index in [0.717, 1.165) is 17.7 Å². The zero-order valence-corrected chi connectivity index (χ0v) is 14.9. The Kier molecular flexibility index (Phi) is 6.24. The molecule has 0 fully saturated rings. The summed E-state index contributed by atoms with van der Waals surface area (Å²) in [5.74, 6) is 0.779. The summed E-state index contributed by atoms with van der Waals surface area (Å²) in [5.41, 5.74) is 4.03. The molecule has 0 aliphatic rings. The molecule has 2 aromatic carbocycles. The SMILES string of the molecule is CCOc1ccc(C(=O)NCCc2ccc(N(C)C)cc2)cc1C. The molecule has 0 bridgehead atoms. The van der Waals surface area contributed by atoms with E-state index in [-0.39, 0.29) is 5.91 Å². The topological polar surface area (TPSA) is 41.6 Å². The van der Waals surface area contributed by atoms with Crippen molar-refractivity contribution < 1.29 is 9.53 Å². The standard InChI is InChI=1S/C20H26N2O2/c1-5-24-19-11-8-17(14-15(19)2)20(23)21-13-12-16-6-9-18(10-7-16)22(3)4/h6-11,14H,5,12-13H2,1-4H3,(H,21,23). The van der Waals surface area contributed by atoms with Gasteiger partial charge in [-0.3, -0.25) is 4.79 Å². The van der Waals surface area contributed by atoms with Gasteiger partial charge in [0.2, 0.25) is 0 Å². The van der Waals surface area contributed by atoms with Gasteiger partial charge in [0, 0.05) is 31.9 Å². The van der Waals surface area contributed by atoms with Crippen LogP contribution in [0.15, 0.2) is 42.5 Å². The summed E-state index contributed by atoms with van der Waals surface area (Å²) in [4.78, 5) is 14.3. The van der Waals surface area contributed by atoms with Gasteiger partial charge in [-0.2, -0.15) is 0 Å². The van der Waals surface area contributed by atoms with Crippen LogP contribution in [0.4, 0.5) is 5.69 Å². The number of amides is 1. The molecule has 0 atom stereocenters. The van der Waals surface area contributed by atoms with E-state index in [9.17, 15) is 4.79 Å². The van der Waals surface area contributed by atoms with Gasteiger partial charge in [0.15, 0.2) is 0 Å². The molecule has 4 heteroatoms. The molecular formula is C20H26N2O2. The van der Waals surface area contributed by atoms with Crippen LogP contribution in [0, 0.1) is 6.92 Å². The van der Waals surface area contributed by atoms with Gasteiger partial charge >= 0.3 is 0 Å². The van der Waals surface area contributed by atoms with E-state index >= 15 is 0 Å². The van der Waals surface area contributed by atoms with E-state index in [2.05, 4.69) is 34.5 Å². The van der Waals surface area contributed by atoms with Crippen molar-refractivity contribution in [3.63, 3.8) is 0 Å². The van der Waals surface area contributed by atoms with Crippen molar-refractivity contribution in [2.24, 2.45) is 0 Å². The summed E-state index contributed by atoms with van der Waals surface area (Å²) in [6.07, 6.45) is 0.815. The predicted octanol–water partition coefficient (Wildman–Crippen LogP) is 3.43. The van der Waals surface area contributed by atoms with E-state index in [1.54, 1.807) is 6.07 Å². The first kappa shape index (κ1) is 17.9. The summed E-state index contributed by atoms with van der Waals surface area (Å²) < 4.78 is 5.50. The summed E-state index contributed by atoms with van der Waals surface area (Å²) in [7, 11) is 4.04. The van der Waals surface area contributed by atoms with Gasteiger partial charge in [-0.1, -0.05) is 12.1 Å². The van der Waals surface area contributed by atoms with Crippen molar-refractivity contribution in [1.29, 1.82) is 0 Å². The number of ether oxygens (including phenoxy) is 1. The van der Waals surface area contributed by atoms with E-state index in [1.807, 2.05) is 40.1 Å². The van der Waals surface area contributed by atoms with Crippen molar-refractivity contribution in [3.8, 4) is 5.75 Å². The molecule has 128 valence electrons. The molecular weight excluding hydrogens is 300 g/mol. The Morgan fingerprint density at radius 3 is 2.42 bits per heavy atom. The summed E-state index contributed by atoms with van der Waals surface area (Å²) in [5, 5.41) is 2.97. The number of hydrogen-bond donors (Lipinski definition) is 1. The molecule has 2 aromatic rings. The minimum absolute atomic E-state index is 0.0499. The lowest BCUT2D eigenvalue weighted by molar-refractivity contribution is 0.0954. The quantitative estimate of drug-likeness (QED) is 0.847. The van der Waals surface area contributed by atoms with Gasteiger partial charge < -0.3 is 15.0 Å². The molecule has 0 unspecified atom stereocenters. The molecule has 0 saturated heterocycles. The summed E-state index contributed by atoms with van der Waals surface area (Å²) in [6, 6.07) is 13.9. The fourth-order valence-corrected chi connectivity index (χ4v) is 2.49. The number of carbonyl (C=O) groups is 1. The van der Waals surface area contributed by atoms with E-state index in [4.69, 9.17) is 4.74 Å². The Morgan fingerprint density at radius 1 is 1.12 bits per heavy atom. The van der Waals surface area contributed by atoms with Crippen LogP contribution in [0.25, 0.3) is 0 Å². The van der Waals surface area contributed by atoms with Gasteiger partial charge in [0.05, 0.1) is 6.61 Å². The molecule has 0 saturated carbocycles. The smallest absolute Gasteiger partial charge is 0.251 e. The number of benzene rings is 2. The lowest BCUT2D eigenvalue weighted by Crippen LogP contribution is -2.25. The van der Waals surface area contributed by atoms with Crippen molar-refractivity contribution in [2.45, 2.75) is 20.3 Å². The summed E-state index contributed by atoms with van der Waals surface area (Å²) >= 11 is 0. The molecule has 0 aliphatic carbocycles. The Hall–Kier alpha value is -2.49. The Labute approximate surface area is 144 Å². The largest absolute Gasteiger partial charge is 0.494 e. The Bertz CT molecular complexity index is 679. The average molecular weight is 326 g/mol. The third kappa shape index (κ3) is 4.75. The molecule has 1 N–H and O–H groups in total. The van der Waals surface area contributed by atoms with Crippen LogP contribution in [0.1, 0.15) is 28.4 Å². The first-order valence-corrected chi connectivity index (χ1v) is 8.29. The van der Waals surface area contributed by atoms with E-state index in [0.29, 0.717) is 18.7 Å². The monoisotopic (exact) mass is 326 g/mol. The number of nitrogens with one attached hydrogen (secondary N) is 1. The first-order valence-electron chi connectivity index (χ1n) is 8.29. The van der Waals surface area contributed by atoms with Crippen LogP contribution >= 0.6 is 0 Å².